The average molecular weight is 129 g/mol. The lowest BCUT2D eigenvalue weighted by Gasteiger charge is -2.13. The van der Waals surface area contributed by atoms with Crippen molar-refractivity contribution < 1.29 is 9.90 Å². The number of amides is 1. The van der Waals surface area contributed by atoms with Gasteiger partial charge in [0.25, 0.3) is 5.91 Å². The van der Waals surface area contributed by atoms with Gasteiger partial charge in [0.1, 0.15) is 5.60 Å². The van der Waals surface area contributed by atoms with Crippen molar-refractivity contribution in [3.05, 3.63) is 0 Å². The van der Waals surface area contributed by atoms with Gasteiger partial charge in [0.2, 0.25) is 0 Å². The molecule has 9 heavy (non-hydrogen) atoms. The first kappa shape index (κ1) is 6.55. The molecule has 0 aliphatic heterocycles. The Morgan fingerprint density at radius 3 is 2.11 bits per heavy atom. The molecule has 0 bridgehead atoms. The van der Waals surface area contributed by atoms with Crippen LogP contribution >= 0.6 is 0 Å². The fraction of sp³-hybridized carbons (Fsp3) is 0.833. The van der Waals surface area contributed by atoms with Crippen LogP contribution in [0.4, 0.5) is 0 Å². The lowest BCUT2D eigenvalue weighted by atomic mass is 10.3. The molecule has 3 heteroatoms. The first-order valence-corrected chi connectivity index (χ1v) is 3.00. The molecule has 1 N–H and O–H groups in total. The highest BCUT2D eigenvalue weighted by molar-refractivity contribution is 5.87. The minimum Gasteiger partial charge on any atom is -0.380 e. The van der Waals surface area contributed by atoms with Crippen LogP contribution in [0.1, 0.15) is 12.8 Å². The largest absolute Gasteiger partial charge is 0.380 e. The van der Waals surface area contributed by atoms with E-state index in [-0.39, 0.29) is 5.91 Å². The first-order chi connectivity index (χ1) is 4.06. The molecule has 1 amide bonds. The van der Waals surface area contributed by atoms with Crippen LogP contribution in [0.3, 0.4) is 0 Å². The highest BCUT2D eigenvalue weighted by Gasteiger charge is 2.48. The fourth-order valence-electron chi connectivity index (χ4n) is 0.748. The molecule has 0 aromatic carbocycles. The monoisotopic (exact) mass is 129 g/mol. The van der Waals surface area contributed by atoms with Crippen molar-refractivity contribution >= 4 is 5.91 Å². The van der Waals surface area contributed by atoms with Crippen molar-refractivity contribution in [2.24, 2.45) is 0 Å². The summed E-state index contributed by atoms with van der Waals surface area (Å²) in [5.74, 6) is -0.164. The van der Waals surface area contributed by atoms with Crippen molar-refractivity contribution in [1.29, 1.82) is 0 Å². The standard InChI is InChI=1S/C6H11NO2/c1-7(2)5(8)6(9)3-4-6/h9H,3-4H2,1-2H3. The van der Waals surface area contributed by atoms with E-state index in [2.05, 4.69) is 0 Å². The Labute approximate surface area is 54.3 Å². The molecule has 0 spiro atoms. The molecule has 1 fully saturated rings. The molecule has 0 aromatic rings. The molecule has 3 nitrogen and oxygen atoms in total. The van der Waals surface area contributed by atoms with E-state index >= 15 is 0 Å². The molecule has 1 rings (SSSR count). The second-order valence-electron chi connectivity index (χ2n) is 2.73. The van der Waals surface area contributed by atoms with E-state index in [4.69, 9.17) is 0 Å². The maximum Gasteiger partial charge on any atom is 0.254 e. The summed E-state index contributed by atoms with van der Waals surface area (Å²) in [5, 5.41) is 9.18. The van der Waals surface area contributed by atoms with Crippen molar-refractivity contribution in [2.45, 2.75) is 18.4 Å². The van der Waals surface area contributed by atoms with E-state index in [0.717, 1.165) is 0 Å². The third kappa shape index (κ3) is 1.05. The minimum absolute atomic E-state index is 0.164. The molecule has 52 valence electrons. The zero-order valence-electron chi connectivity index (χ0n) is 5.72. The smallest absolute Gasteiger partial charge is 0.254 e. The third-order valence-electron chi connectivity index (χ3n) is 1.53. The summed E-state index contributed by atoms with van der Waals surface area (Å²) in [5.41, 5.74) is -0.983. The Morgan fingerprint density at radius 1 is 1.56 bits per heavy atom. The van der Waals surface area contributed by atoms with Gasteiger partial charge in [0, 0.05) is 14.1 Å². The van der Waals surface area contributed by atoms with Crippen LogP contribution in [-0.2, 0) is 4.79 Å². The molecule has 0 saturated heterocycles. The second-order valence-corrected chi connectivity index (χ2v) is 2.73. The highest BCUT2D eigenvalue weighted by Crippen LogP contribution is 2.36. The fourth-order valence-corrected chi connectivity index (χ4v) is 0.748. The Balaban J connectivity index is 2.53. The summed E-state index contributed by atoms with van der Waals surface area (Å²) in [6, 6.07) is 0. The summed E-state index contributed by atoms with van der Waals surface area (Å²) in [6.07, 6.45) is 1.26. The molecule has 0 atom stereocenters. The van der Waals surface area contributed by atoms with Gasteiger partial charge in [-0.2, -0.15) is 0 Å². The van der Waals surface area contributed by atoms with E-state index in [1.165, 1.54) is 4.90 Å². The molecule has 1 aliphatic carbocycles. The number of likely N-dealkylation sites (N-methyl/N-ethyl adjacent to an activating group) is 1. The van der Waals surface area contributed by atoms with E-state index in [9.17, 15) is 9.90 Å². The normalized spacial score (nSPS) is 21.2. The van der Waals surface area contributed by atoms with E-state index in [1.807, 2.05) is 0 Å². The van der Waals surface area contributed by atoms with E-state index in [1.54, 1.807) is 14.1 Å². The maximum absolute atomic E-state index is 10.9. The molecule has 0 unspecified atom stereocenters. The summed E-state index contributed by atoms with van der Waals surface area (Å²) < 4.78 is 0. The van der Waals surface area contributed by atoms with Crippen LogP contribution in [0.5, 0.6) is 0 Å². The van der Waals surface area contributed by atoms with Gasteiger partial charge in [-0.25, -0.2) is 0 Å². The topological polar surface area (TPSA) is 40.5 Å². The number of nitrogens with zero attached hydrogens (tertiary/aromatic N) is 1. The molecule has 0 heterocycles. The van der Waals surface area contributed by atoms with Crippen LogP contribution < -0.4 is 0 Å². The number of hydrogen-bond donors (Lipinski definition) is 1. The van der Waals surface area contributed by atoms with Crippen molar-refractivity contribution in [1.82, 2.24) is 4.90 Å². The summed E-state index contributed by atoms with van der Waals surface area (Å²) >= 11 is 0. The number of aliphatic hydroxyl groups is 1. The Kier molecular flexibility index (Phi) is 1.24. The zero-order chi connectivity index (χ0) is 7.07. The lowest BCUT2D eigenvalue weighted by molar-refractivity contribution is -0.139. The van der Waals surface area contributed by atoms with E-state index < -0.39 is 5.60 Å². The zero-order valence-corrected chi connectivity index (χ0v) is 5.72. The molecule has 0 aromatic heterocycles. The minimum atomic E-state index is -0.983. The first-order valence-electron chi connectivity index (χ1n) is 3.00. The summed E-state index contributed by atoms with van der Waals surface area (Å²) in [4.78, 5) is 12.3. The van der Waals surface area contributed by atoms with Gasteiger partial charge in [-0.1, -0.05) is 0 Å². The summed E-state index contributed by atoms with van der Waals surface area (Å²) in [7, 11) is 3.30. The van der Waals surface area contributed by atoms with Crippen LogP contribution in [0, 0.1) is 0 Å². The van der Waals surface area contributed by atoms with Crippen LogP contribution in [0.2, 0.25) is 0 Å². The SMILES string of the molecule is CN(C)C(=O)C1(O)CC1. The van der Waals surface area contributed by atoms with Crippen LogP contribution in [0.15, 0.2) is 0 Å². The van der Waals surface area contributed by atoms with Gasteiger partial charge in [-0.05, 0) is 12.8 Å². The summed E-state index contributed by atoms with van der Waals surface area (Å²) in [6.45, 7) is 0. The molecule has 0 radical (unpaired) electrons. The van der Waals surface area contributed by atoms with Gasteiger partial charge < -0.3 is 10.0 Å². The van der Waals surface area contributed by atoms with Gasteiger partial charge in [-0.15, -0.1) is 0 Å². The quantitative estimate of drug-likeness (QED) is 0.523. The lowest BCUT2D eigenvalue weighted by Crippen LogP contribution is -2.34. The number of carbonyl (C=O) groups is 1. The predicted molar refractivity (Wildman–Crippen MR) is 32.9 cm³/mol. The van der Waals surface area contributed by atoms with Crippen LogP contribution in [-0.4, -0.2) is 35.6 Å². The van der Waals surface area contributed by atoms with Crippen LogP contribution in [0.25, 0.3) is 0 Å². The average Bonchev–Trinajstić information content (AvgIpc) is 2.47. The van der Waals surface area contributed by atoms with Gasteiger partial charge >= 0.3 is 0 Å². The number of carbonyl (C=O) groups excluding carboxylic acids is 1. The van der Waals surface area contributed by atoms with Gasteiger partial charge in [0.15, 0.2) is 0 Å². The second kappa shape index (κ2) is 1.70. The van der Waals surface area contributed by atoms with Crippen molar-refractivity contribution in [3.8, 4) is 0 Å². The van der Waals surface area contributed by atoms with Crippen molar-refractivity contribution in [3.63, 3.8) is 0 Å². The molecule has 1 aliphatic rings. The molecular formula is C6H11NO2. The van der Waals surface area contributed by atoms with Gasteiger partial charge in [-0.3, -0.25) is 4.79 Å². The third-order valence-corrected chi connectivity index (χ3v) is 1.53. The van der Waals surface area contributed by atoms with E-state index in [0.29, 0.717) is 12.8 Å². The van der Waals surface area contributed by atoms with Gasteiger partial charge in [0.05, 0.1) is 0 Å². The highest BCUT2D eigenvalue weighted by atomic mass is 16.3. The number of rotatable bonds is 1. The molecular weight excluding hydrogens is 118 g/mol. The Morgan fingerprint density at radius 2 is 2.00 bits per heavy atom. The Bertz CT molecular complexity index is 138. The number of hydrogen-bond acceptors (Lipinski definition) is 2. The van der Waals surface area contributed by atoms with Crippen molar-refractivity contribution in [2.75, 3.05) is 14.1 Å². The maximum atomic E-state index is 10.9. The molecule has 1 saturated carbocycles. The Hall–Kier alpha value is -0.570. The predicted octanol–water partition coefficient (Wildman–Crippen LogP) is -0.401.